The van der Waals surface area contributed by atoms with Gasteiger partial charge >= 0.3 is 0 Å². The second-order valence-electron chi connectivity index (χ2n) is 5.65. The molecule has 110 valence electrons. The van der Waals surface area contributed by atoms with Crippen LogP contribution in [0.1, 0.15) is 46.0 Å². The predicted molar refractivity (Wildman–Crippen MR) is 89.2 cm³/mol. The lowest BCUT2D eigenvalue weighted by atomic mass is 10.0. The number of hydrogen-bond donors (Lipinski definition) is 1. The Bertz CT molecular complexity index is 666. The van der Waals surface area contributed by atoms with Gasteiger partial charge in [-0.2, -0.15) is 0 Å². The quantitative estimate of drug-likeness (QED) is 0.593. The van der Waals surface area contributed by atoms with Gasteiger partial charge in [-0.1, -0.05) is 39.5 Å². The van der Waals surface area contributed by atoms with E-state index < -0.39 is 0 Å². The lowest BCUT2D eigenvalue weighted by molar-refractivity contribution is 0.501. The summed E-state index contributed by atoms with van der Waals surface area (Å²) in [5.74, 6) is 0.785. The van der Waals surface area contributed by atoms with Crippen LogP contribution in [0.15, 0.2) is 16.2 Å². The number of thiophene rings is 1. The number of hydrogen-bond acceptors (Lipinski definition) is 3. The lowest BCUT2D eigenvalue weighted by Crippen LogP contribution is -2.21. The monoisotopic (exact) mass is 310 g/mol. The van der Waals surface area contributed by atoms with Gasteiger partial charge in [0.1, 0.15) is 4.70 Å². The third kappa shape index (κ3) is 3.79. The van der Waals surface area contributed by atoms with Crippen LogP contribution in [0.5, 0.6) is 0 Å². The average Bonchev–Trinajstić information content (AvgIpc) is 2.84. The molecule has 0 saturated carbocycles. The molecule has 20 heavy (non-hydrogen) atoms. The molecule has 2 heterocycles. The van der Waals surface area contributed by atoms with Crippen LogP contribution in [0.3, 0.4) is 0 Å². The van der Waals surface area contributed by atoms with Gasteiger partial charge in [0.15, 0.2) is 4.77 Å². The van der Waals surface area contributed by atoms with Crippen LogP contribution in [-0.2, 0) is 6.54 Å². The maximum Gasteiger partial charge on any atom is 0.272 e. The largest absolute Gasteiger partial charge is 0.331 e. The molecular weight excluding hydrogens is 288 g/mol. The molecule has 3 nitrogen and oxygen atoms in total. The van der Waals surface area contributed by atoms with E-state index in [2.05, 4.69) is 18.8 Å². The van der Waals surface area contributed by atoms with Crippen molar-refractivity contribution in [2.75, 3.05) is 0 Å². The summed E-state index contributed by atoms with van der Waals surface area (Å²) in [6.07, 6.45) is 6.00. The summed E-state index contributed by atoms with van der Waals surface area (Å²) >= 11 is 6.76. The van der Waals surface area contributed by atoms with Gasteiger partial charge in [0.25, 0.3) is 5.56 Å². The molecule has 0 bridgehead atoms. The van der Waals surface area contributed by atoms with Crippen molar-refractivity contribution in [1.82, 2.24) is 9.55 Å². The molecule has 0 fully saturated rings. The van der Waals surface area contributed by atoms with Gasteiger partial charge in [-0.05, 0) is 36.0 Å². The van der Waals surface area contributed by atoms with E-state index in [0.717, 1.165) is 35.5 Å². The van der Waals surface area contributed by atoms with Crippen molar-refractivity contribution in [2.45, 2.75) is 52.5 Å². The lowest BCUT2D eigenvalue weighted by Gasteiger charge is -2.07. The van der Waals surface area contributed by atoms with Crippen molar-refractivity contribution in [3.63, 3.8) is 0 Å². The smallest absolute Gasteiger partial charge is 0.272 e. The van der Waals surface area contributed by atoms with Gasteiger partial charge in [-0.3, -0.25) is 9.36 Å². The topological polar surface area (TPSA) is 37.8 Å². The zero-order valence-corrected chi connectivity index (χ0v) is 13.8. The van der Waals surface area contributed by atoms with Crippen LogP contribution in [0, 0.1) is 10.7 Å². The molecule has 2 aromatic rings. The zero-order chi connectivity index (χ0) is 14.5. The van der Waals surface area contributed by atoms with Gasteiger partial charge in [0.05, 0.1) is 5.52 Å². The molecule has 0 saturated heterocycles. The van der Waals surface area contributed by atoms with Gasteiger partial charge < -0.3 is 4.98 Å². The number of fused-ring (bicyclic) bond motifs is 1. The number of nitrogens with zero attached hydrogens (tertiary/aromatic N) is 1. The van der Waals surface area contributed by atoms with Gasteiger partial charge in [0, 0.05) is 6.54 Å². The van der Waals surface area contributed by atoms with E-state index in [0.29, 0.717) is 4.77 Å². The molecule has 1 N–H and O–H groups in total. The van der Waals surface area contributed by atoms with Crippen LogP contribution in [0.4, 0.5) is 0 Å². The van der Waals surface area contributed by atoms with Crippen molar-refractivity contribution in [1.29, 1.82) is 0 Å². The summed E-state index contributed by atoms with van der Waals surface area (Å²) < 4.78 is 3.03. The summed E-state index contributed by atoms with van der Waals surface area (Å²) in [6, 6.07) is 1.91. The molecule has 2 rings (SSSR count). The van der Waals surface area contributed by atoms with E-state index in [1.807, 2.05) is 11.4 Å². The predicted octanol–water partition coefficient (Wildman–Crippen LogP) is 4.73. The maximum atomic E-state index is 12.3. The van der Waals surface area contributed by atoms with Crippen LogP contribution < -0.4 is 5.56 Å². The molecule has 0 atom stereocenters. The summed E-state index contributed by atoms with van der Waals surface area (Å²) in [7, 11) is 0. The van der Waals surface area contributed by atoms with E-state index in [1.165, 1.54) is 30.6 Å². The Hall–Kier alpha value is -0.940. The zero-order valence-electron chi connectivity index (χ0n) is 12.1. The fraction of sp³-hybridized carbons (Fsp3) is 0.600. The van der Waals surface area contributed by atoms with Crippen molar-refractivity contribution >= 4 is 33.8 Å². The molecule has 0 aliphatic carbocycles. The molecule has 0 radical (unpaired) electrons. The van der Waals surface area contributed by atoms with Gasteiger partial charge in [0.2, 0.25) is 0 Å². The molecule has 0 aromatic carbocycles. The second-order valence-corrected chi connectivity index (χ2v) is 6.95. The van der Waals surface area contributed by atoms with Crippen molar-refractivity contribution in [3.05, 3.63) is 26.6 Å². The summed E-state index contributed by atoms with van der Waals surface area (Å²) in [4.78, 5) is 15.4. The number of H-pyrrole nitrogens is 1. The van der Waals surface area contributed by atoms with E-state index in [9.17, 15) is 4.79 Å². The summed E-state index contributed by atoms with van der Waals surface area (Å²) in [5, 5.41) is 1.92. The van der Waals surface area contributed by atoms with Gasteiger partial charge in [-0.25, -0.2) is 0 Å². The Morgan fingerprint density at radius 1 is 1.30 bits per heavy atom. The average molecular weight is 310 g/mol. The highest BCUT2D eigenvalue weighted by atomic mass is 32.1. The fourth-order valence-electron chi connectivity index (χ4n) is 2.35. The third-order valence-electron chi connectivity index (χ3n) is 3.50. The van der Waals surface area contributed by atoms with E-state index in [-0.39, 0.29) is 5.56 Å². The highest BCUT2D eigenvalue weighted by Gasteiger charge is 2.06. The third-order valence-corrected chi connectivity index (χ3v) is 4.73. The second kappa shape index (κ2) is 7.18. The first-order valence-electron chi connectivity index (χ1n) is 7.30. The number of aromatic nitrogens is 2. The number of unbranched alkanes of at least 4 members (excludes halogenated alkanes) is 3. The molecule has 0 unspecified atom stereocenters. The molecule has 0 aliphatic rings. The summed E-state index contributed by atoms with van der Waals surface area (Å²) in [6.45, 7) is 5.24. The van der Waals surface area contributed by atoms with Crippen LogP contribution in [0.25, 0.3) is 10.2 Å². The minimum absolute atomic E-state index is 0.0564. The maximum absolute atomic E-state index is 12.3. The Balaban J connectivity index is 1.93. The Kier molecular flexibility index (Phi) is 5.54. The first kappa shape index (κ1) is 15.4. The Labute approximate surface area is 128 Å². The molecule has 2 aromatic heterocycles. The van der Waals surface area contributed by atoms with Crippen molar-refractivity contribution in [3.8, 4) is 0 Å². The Morgan fingerprint density at radius 2 is 2.05 bits per heavy atom. The van der Waals surface area contributed by atoms with E-state index >= 15 is 0 Å². The van der Waals surface area contributed by atoms with Crippen molar-refractivity contribution in [2.24, 2.45) is 5.92 Å². The SMILES string of the molecule is CC(C)CCCCCCn1c(=S)[nH]c2ccsc2c1=O. The van der Waals surface area contributed by atoms with Crippen LogP contribution >= 0.6 is 23.6 Å². The first-order chi connectivity index (χ1) is 9.59. The molecule has 0 spiro atoms. The minimum Gasteiger partial charge on any atom is -0.331 e. The number of aromatic amines is 1. The minimum atomic E-state index is 0.0564. The Morgan fingerprint density at radius 3 is 2.80 bits per heavy atom. The summed E-state index contributed by atoms with van der Waals surface area (Å²) in [5.41, 5.74) is 0.916. The molecule has 5 heteroatoms. The van der Waals surface area contributed by atoms with Gasteiger partial charge in [-0.15, -0.1) is 11.3 Å². The van der Waals surface area contributed by atoms with E-state index in [1.54, 1.807) is 4.57 Å². The van der Waals surface area contributed by atoms with Crippen molar-refractivity contribution < 1.29 is 0 Å². The fourth-order valence-corrected chi connectivity index (χ4v) is 3.43. The molecular formula is C15H22N2OS2. The molecule has 0 aliphatic heterocycles. The van der Waals surface area contributed by atoms with Crippen LogP contribution in [-0.4, -0.2) is 9.55 Å². The standard InChI is InChI=1S/C15H22N2OS2/c1-11(2)7-5-3-4-6-9-17-14(18)13-12(8-10-20-13)16-15(17)19/h8,10-11H,3-7,9H2,1-2H3,(H,16,19). The molecule has 0 amide bonds. The van der Waals surface area contributed by atoms with Crippen LogP contribution in [0.2, 0.25) is 0 Å². The normalized spacial score (nSPS) is 11.6. The van der Waals surface area contributed by atoms with E-state index in [4.69, 9.17) is 12.2 Å². The first-order valence-corrected chi connectivity index (χ1v) is 8.58. The highest BCUT2D eigenvalue weighted by molar-refractivity contribution is 7.71. The number of rotatable bonds is 7. The number of nitrogens with one attached hydrogen (secondary N) is 1. The highest BCUT2D eigenvalue weighted by Crippen LogP contribution is 2.14.